The van der Waals surface area contributed by atoms with Crippen LogP contribution in [0.5, 0.6) is 5.75 Å². The minimum Gasteiger partial charge on any atom is -0.497 e. The smallest absolute Gasteiger partial charge is 0.307 e. The Morgan fingerprint density at radius 2 is 2.44 bits per heavy atom. The molecule has 0 fully saturated rings. The van der Waals surface area contributed by atoms with E-state index in [1.54, 1.807) is 0 Å². The molecule has 3 heteroatoms. The van der Waals surface area contributed by atoms with Crippen LogP contribution in [0.15, 0.2) is 36.3 Å². The Balaban J connectivity index is 3.18. The molecule has 2 aromatic carbocycles. The Labute approximate surface area is 109 Å². The molecule has 2 rings (SSSR count). The Kier molecular flexibility index (Phi) is 0.920. The average Bonchev–Trinajstić information content (AvgIpc) is 2.53. The zero-order chi connectivity index (χ0) is 21.1. The number of hydrogen-bond donors (Lipinski definition) is 1. The molecule has 82 valence electrons. The fourth-order valence-electron chi connectivity index (χ4n) is 1.14. The van der Waals surface area contributed by atoms with Crippen LogP contribution in [0.25, 0.3) is 10.8 Å². The van der Waals surface area contributed by atoms with Gasteiger partial charge in [0.15, 0.2) is 0 Å². The van der Waals surface area contributed by atoms with Crippen LogP contribution in [-0.2, 0) is 11.2 Å². The van der Waals surface area contributed by atoms with E-state index in [2.05, 4.69) is 4.74 Å². The fourth-order valence-corrected chi connectivity index (χ4v) is 1.14. The third-order valence-corrected chi connectivity index (χ3v) is 1.75. The molecule has 0 amide bonds. The predicted molar refractivity (Wildman–Crippen MR) is 61.8 cm³/mol. The minimum atomic E-state index is -3.29. The quantitative estimate of drug-likeness (QED) is 0.876. The number of carboxylic acid groups (broad SMARTS) is 1. The molecule has 0 radical (unpaired) electrons. The second-order valence-electron chi connectivity index (χ2n) is 2.74. The molecular weight excluding hydrogens is 204 g/mol. The minimum absolute atomic E-state index is 0.607. The molecule has 0 bridgehead atoms. The summed E-state index contributed by atoms with van der Waals surface area (Å²) in [5.41, 5.74) is -0.986. The van der Waals surface area contributed by atoms with E-state index >= 15 is 0 Å². The van der Waals surface area contributed by atoms with Gasteiger partial charge in [0.05, 0.1) is 25.7 Å². The van der Waals surface area contributed by atoms with Crippen molar-refractivity contribution in [1.29, 1.82) is 0 Å². The summed E-state index contributed by atoms with van der Waals surface area (Å²) >= 11 is 0. The standard InChI is InChI=1S/C13H12O3/c1-16-11-6-5-9-3-2-4-10(7-13(14)15)12(9)8-11/h2-6,8H,7H2,1H3,(H,14,15)/i1D3,2D,3D,4D,5D,6D,7D2,8D. The Morgan fingerprint density at radius 3 is 3.19 bits per heavy atom. The largest absolute Gasteiger partial charge is 0.497 e. The summed E-state index contributed by atoms with van der Waals surface area (Å²) in [5.74, 6) is -2.99. The molecule has 16 heavy (non-hydrogen) atoms. The maximum atomic E-state index is 11.4. The van der Waals surface area contributed by atoms with Crippen molar-refractivity contribution in [3.8, 4) is 5.75 Å². The van der Waals surface area contributed by atoms with Crippen LogP contribution in [0.3, 0.4) is 0 Å². The topological polar surface area (TPSA) is 46.5 Å². The van der Waals surface area contributed by atoms with E-state index in [4.69, 9.17) is 15.1 Å². The fraction of sp³-hybridized carbons (Fsp3) is 0.154. The monoisotopic (exact) mass is 227 g/mol. The lowest BCUT2D eigenvalue weighted by molar-refractivity contribution is -0.136. The van der Waals surface area contributed by atoms with Crippen LogP contribution in [0.4, 0.5) is 0 Å². The number of rotatable bonds is 3. The highest BCUT2D eigenvalue weighted by Crippen LogP contribution is 2.24. The van der Waals surface area contributed by atoms with Crippen molar-refractivity contribution in [2.45, 2.75) is 6.37 Å². The van der Waals surface area contributed by atoms with Crippen LogP contribution in [0.2, 0.25) is 0 Å². The van der Waals surface area contributed by atoms with Gasteiger partial charge in [-0.05, 0) is 28.4 Å². The molecule has 0 unspecified atom stereocenters. The summed E-state index contributed by atoms with van der Waals surface area (Å²) in [6.07, 6.45) is -3.29. The first-order chi connectivity index (χ1) is 12.1. The van der Waals surface area contributed by atoms with Gasteiger partial charge in [0.2, 0.25) is 0 Å². The van der Waals surface area contributed by atoms with E-state index in [9.17, 15) is 9.90 Å². The van der Waals surface area contributed by atoms with Crippen molar-refractivity contribution >= 4 is 16.7 Å². The Hall–Kier alpha value is -2.03. The van der Waals surface area contributed by atoms with Gasteiger partial charge in [0, 0.05) is 2.74 Å². The molecule has 0 spiro atoms. The average molecular weight is 227 g/mol. The van der Waals surface area contributed by atoms with Gasteiger partial charge in [-0.3, -0.25) is 4.79 Å². The van der Waals surface area contributed by atoms with Crippen molar-refractivity contribution < 1.29 is 29.7 Å². The molecule has 0 atom stereocenters. The normalized spacial score (nSPS) is 21.9. The van der Waals surface area contributed by atoms with Crippen molar-refractivity contribution in [3.63, 3.8) is 0 Å². The summed E-state index contributed by atoms with van der Waals surface area (Å²) in [7, 11) is -3.12. The van der Waals surface area contributed by atoms with Gasteiger partial charge in [-0.1, -0.05) is 24.2 Å². The van der Waals surface area contributed by atoms with Crippen molar-refractivity contribution in [2.24, 2.45) is 0 Å². The molecule has 2 aromatic rings. The van der Waals surface area contributed by atoms with Gasteiger partial charge in [-0.25, -0.2) is 0 Å². The SMILES string of the molecule is [2H]c1c([2H])c(C([2H])([2H])C(=O)O)c2c([2H])c(OC([2H])([2H])[2H])c([2H])c([2H])c2c1[2H]. The molecule has 0 aliphatic rings. The molecule has 1 N–H and O–H groups in total. The van der Waals surface area contributed by atoms with Crippen molar-refractivity contribution in [2.75, 3.05) is 7.04 Å². The zero-order valence-corrected chi connectivity index (χ0v) is 7.76. The number of carbonyl (C=O) groups is 1. The highest BCUT2D eigenvalue weighted by atomic mass is 16.5. The third-order valence-electron chi connectivity index (χ3n) is 1.75. The van der Waals surface area contributed by atoms with Gasteiger partial charge in [0.1, 0.15) is 5.75 Å². The summed E-state index contributed by atoms with van der Waals surface area (Å²) in [6, 6.07) is -5.36. The molecule has 3 nitrogen and oxygen atoms in total. The molecule has 0 saturated heterocycles. The number of aliphatic carboxylic acids is 1. The Morgan fingerprint density at radius 1 is 1.56 bits per heavy atom. The maximum Gasteiger partial charge on any atom is 0.307 e. The first-order valence-electron chi connectivity index (χ1n) is 9.59. The van der Waals surface area contributed by atoms with Gasteiger partial charge in [-0.2, -0.15) is 0 Å². The molecule has 0 aromatic heterocycles. The van der Waals surface area contributed by atoms with E-state index < -0.39 is 77.7 Å². The highest BCUT2D eigenvalue weighted by Gasteiger charge is 2.06. The molecular formula is C13H12O3. The van der Waals surface area contributed by atoms with Crippen molar-refractivity contribution in [3.05, 3.63) is 41.8 Å². The number of fused-ring (bicyclic) bond motifs is 1. The summed E-state index contributed by atoms with van der Waals surface area (Å²) in [5, 5.41) is 7.84. The van der Waals surface area contributed by atoms with Crippen LogP contribution in [0.1, 0.15) is 20.6 Å². The van der Waals surface area contributed by atoms with Crippen molar-refractivity contribution in [1.82, 2.24) is 0 Å². The lowest BCUT2D eigenvalue weighted by Crippen LogP contribution is -2.00. The first-order valence-corrected chi connectivity index (χ1v) is 4.09. The molecule has 0 aliphatic heterocycles. The maximum absolute atomic E-state index is 11.4. The second kappa shape index (κ2) is 4.23. The second-order valence-corrected chi connectivity index (χ2v) is 2.74. The number of hydrogen-bond acceptors (Lipinski definition) is 2. The molecule has 0 aliphatic carbocycles. The number of benzene rings is 2. The number of carboxylic acids is 1. The Bertz CT molecular complexity index is 965. The zero-order valence-electron chi connectivity index (χ0n) is 18.8. The molecule has 0 heterocycles. The predicted octanol–water partition coefficient (Wildman–Crippen LogP) is 2.48. The lowest BCUT2D eigenvalue weighted by Gasteiger charge is -2.06. The van der Waals surface area contributed by atoms with Gasteiger partial charge in [0.25, 0.3) is 0 Å². The lowest BCUT2D eigenvalue weighted by atomic mass is 10.0. The summed E-state index contributed by atoms with van der Waals surface area (Å²) in [4.78, 5) is 11.4. The van der Waals surface area contributed by atoms with Crippen LogP contribution in [0, 0.1) is 0 Å². The summed E-state index contributed by atoms with van der Waals surface area (Å²) in [6.45, 7) is 0. The van der Waals surface area contributed by atoms with E-state index in [1.807, 2.05) is 0 Å². The van der Waals surface area contributed by atoms with Gasteiger partial charge >= 0.3 is 5.97 Å². The van der Waals surface area contributed by atoms with Crippen LogP contribution in [-0.4, -0.2) is 18.1 Å². The number of ether oxygens (including phenoxy) is 1. The van der Waals surface area contributed by atoms with Gasteiger partial charge < -0.3 is 9.84 Å². The number of methoxy groups -OCH3 is 1. The van der Waals surface area contributed by atoms with Gasteiger partial charge in [-0.15, -0.1) is 0 Å². The third kappa shape index (κ3) is 1.98. The van der Waals surface area contributed by atoms with Crippen LogP contribution >= 0.6 is 0 Å². The van der Waals surface area contributed by atoms with E-state index in [0.717, 1.165) is 0 Å². The van der Waals surface area contributed by atoms with E-state index in [0.29, 0.717) is 0 Å². The van der Waals surface area contributed by atoms with E-state index in [1.165, 1.54) is 0 Å². The molecule has 0 saturated carbocycles. The first kappa shape index (κ1) is 3.48. The highest BCUT2D eigenvalue weighted by molar-refractivity contribution is 5.89. The van der Waals surface area contributed by atoms with E-state index in [-0.39, 0.29) is 0 Å². The van der Waals surface area contributed by atoms with Crippen LogP contribution < -0.4 is 4.74 Å². The summed E-state index contributed by atoms with van der Waals surface area (Å²) < 4.78 is 88.9.